The molecule has 0 aliphatic carbocycles. The number of rotatable bonds is 4. The summed E-state index contributed by atoms with van der Waals surface area (Å²) in [6.45, 7) is 9.48. The summed E-state index contributed by atoms with van der Waals surface area (Å²) in [5.41, 5.74) is 0.620. The zero-order valence-electron chi connectivity index (χ0n) is 14.7. The Morgan fingerprint density at radius 1 is 1.43 bits per heavy atom. The van der Waals surface area contributed by atoms with Crippen LogP contribution in [-0.2, 0) is 4.74 Å². The molecule has 1 aromatic rings. The molecular weight excluding hydrogens is 290 g/mol. The molecule has 2 atom stereocenters. The number of ether oxygens (including phenoxy) is 1. The highest BCUT2D eigenvalue weighted by Gasteiger charge is 2.28. The van der Waals surface area contributed by atoms with E-state index in [1.54, 1.807) is 0 Å². The molecule has 0 radical (unpaired) electrons. The molecule has 0 aromatic carbocycles. The number of hydrogen-bond donors (Lipinski definition) is 1. The SMILES string of the molecule is CC(c1ccccn1)N1CCCCC1CNC(=O)OC(C)(C)C. The summed E-state index contributed by atoms with van der Waals surface area (Å²) >= 11 is 0. The first-order chi connectivity index (χ1) is 10.9. The number of carbonyl (C=O) groups excluding carboxylic acids is 1. The van der Waals surface area contributed by atoms with E-state index in [2.05, 4.69) is 28.2 Å². The molecule has 1 aliphatic rings. The van der Waals surface area contributed by atoms with Gasteiger partial charge in [0, 0.05) is 24.8 Å². The molecule has 1 amide bonds. The van der Waals surface area contributed by atoms with Crippen molar-refractivity contribution >= 4 is 6.09 Å². The molecule has 0 spiro atoms. The van der Waals surface area contributed by atoms with Gasteiger partial charge >= 0.3 is 6.09 Å². The molecular formula is C18H29N3O2. The van der Waals surface area contributed by atoms with E-state index in [9.17, 15) is 4.79 Å². The van der Waals surface area contributed by atoms with Crippen LogP contribution in [0.15, 0.2) is 24.4 Å². The van der Waals surface area contributed by atoms with E-state index in [4.69, 9.17) is 4.74 Å². The predicted octanol–water partition coefficient (Wildman–Crippen LogP) is 3.52. The van der Waals surface area contributed by atoms with Gasteiger partial charge in [-0.2, -0.15) is 0 Å². The molecule has 2 unspecified atom stereocenters. The van der Waals surface area contributed by atoms with E-state index in [1.807, 2.05) is 39.1 Å². The van der Waals surface area contributed by atoms with Gasteiger partial charge in [-0.05, 0) is 59.2 Å². The van der Waals surface area contributed by atoms with E-state index >= 15 is 0 Å². The van der Waals surface area contributed by atoms with E-state index < -0.39 is 5.60 Å². The first kappa shape index (κ1) is 17.7. The number of alkyl carbamates (subject to hydrolysis) is 1. The van der Waals surface area contributed by atoms with E-state index in [0.29, 0.717) is 12.6 Å². The van der Waals surface area contributed by atoms with Gasteiger partial charge in [0.25, 0.3) is 0 Å². The Morgan fingerprint density at radius 3 is 2.87 bits per heavy atom. The molecule has 23 heavy (non-hydrogen) atoms. The van der Waals surface area contributed by atoms with Crippen LogP contribution < -0.4 is 5.32 Å². The second-order valence-electron chi connectivity index (χ2n) is 7.20. The van der Waals surface area contributed by atoms with Crippen molar-refractivity contribution in [3.63, 3.8) is 0 Å². The molecule has 5 nitrogen and oxygen atoms in total. The lowest BCUT2D eigenvalue weighted by Gasteiger charge is -2.39. The van der Waals surface area contributed by atoms with E-state index in [-0.39, 0.29) is 12.1 Å². The van der Waals surface area contributed by atoms with Gasteiger partial charge in [-0.25, -0.2) is 4.79 Å². The molecule has 0 saturated carbocycles. The smallest absolute Gasteiger partial charge is 0.407 e. The van der Waals surface area contributed by atoms with Gasteiger partial charge in [0.15, 0.2) is 0 Å². The summed E-state index contributed by atoms with van der Waals surface area (Å²) in [4.78, 5) is 18.8. The van der Waals surface area contributed by atoms with Gasteiger partial charge in [-0.15, -0.1) is 0 Å². The molecule has 128 valence electrons. The van der Waals surface area contributed by atoms with Crippen LogP contribution >= 0.6 is 0 Å². The Hall–Kier alpha value is -1.62. The fourth-order valence-electron chi connectivity index (χ4n) is 3.06. The maximum atomic E-state index is 11.9. The number of pyridine rings is 1. The largest absolute Gasteiger partial charge is 0.444 e. The molecule has 1 fully saturated rings. The first-order valence-electron chi connectivity index (χ1n) is 8.50. The van der Waals surface area contributed by atoms with Crippen molar-refractivity contribution in [2.24, 2.45) is 0 Å². The van der Waals surface area contributed by atoms with Crippen molar-refractivity contribution in [3.05, 3.63) is 30.1 Å². The topological polar surface area (TPSA) is 54.5 Å². The third-order valence-electron chi connectivity index (χ3n) is 4.17. The minimum absolute atomic E-state index is 0.252. The van der Waals surface area contributed by atoms with Crippen LogP contribution in [0, 0.1) is 0 Å². The molecule has 0 bridgehead atoms. The Kier molecular flexibility index (Phi) is 5.99. The van der Waals surface area contributed by atoms with E-state index in [1.165, 1.54) is 12.8 Å². The van der Waals surface area contributed by atoms with Crippen molar-refractivity contribution in [1.29, 1.82) is 0 Å². The van der Waals surface area contributed by atoms with Crippen LogP contribution in [0.25, 0.3) is 0 Å². The van der Waals surface area contributed by atoms with Gasteiger partial charge in [-0.3, -0.25) is 9.88 Å². The maximum Gasteiger partial charge on any atom is 0.407 e. The zero-order valence-corrected chi connectivity index (χ0v) is 14.7. The molecule has 1 aromatic heterocycles. The minimum atomic E-state index is -0.461. The Morgan fingerprint density at radius 2 is 2.22 bits per heavy atom. The summed E-state index contributed by atoms with van der Waals surface area (Å²) in [6, 6.07) is 6.61. The van der Waals surface area contributed by atoms with E-state index in [0.717, 1.165) is 18.7 Å². The quantitative estimate of drug-likeness (QED) is 0.922. The fourth-order valence-corrected chi connectivity index (χ4v) is 3.06. The fraction of sp³-hybridized carbons (Fsp3) is 0.667. The van der Waals surface area contributed by atoms with Crippen molar-refractivity contribution in [3.8, 4) is 0 Å². The summed E-state index contributed by atoms with van der Waals surface area (Å²) in [7, 11) is 0. The molecule has 1 saturated heterocycles. The Bertz CT molecular complexity index is 499. The van der Waals surface area contributed by atoms with Crippen LogP contribution in [-0.4, -0.2) is 40.7 Å². The summed E-state index contributed by atoms with van der Waals surface area (Å²) in [5.74, 6) is 0. The minimum Gasteiger partial charge on any atom is -0.444 e. The van der Waals surface area contributed by atoms with Crippen LogP contribution in [0.5, 0.6) is 0 Å². The summed E-state index contributed by atoms with van der Waals surface area (Å²) in [6.07, 6.45) is 4.98. The normalized spacial score (nSPS) is 20.8. The number of carbonyl (C=O) groups is 1. The van der Waals surface area contributed by atoms with Crippen molar-refractivity contribution in [1.82, 2.24) is 15.2 Å². The highest BCUT2D eigenvalue weighted by Crippen LogP contribution is 2.27. The number of likely N-dealkylation sites (tertiary alicyclic amines) is 1. The van der Waals surface area contributed by atoms with Gasteiger partial charge in [0.05, 0.1) is 5.69 Å². The number of aromatic nitrogens is 1. The lowest BCUT2D eigenvalue weighted by atomic mass is 9.99. The monoisotopic (exact) mass is 319 g/mol. The van der Waals surface area contributed by atoms with Crippen molar-refractivity contribution in [2.75, 3.05) is 13.1 Å². The van der Waals surface area contributed by atoms with Crippen molar-refractivity contribution in [2.45, 2.75) is 64.6 Å². The second-order valence-corrected chi connectivity index (χ2v) is 7.20. The first-order valence-corrected chi connectivity index (χ1v) is 8.50. The van der Waals surface area contributed by atoms with Gasteiger partial charge < -0.3 is 10.1 Å². The number of piperidine rings is 1. The number of hydrogen-bond acceptors (Lipinski definition) is 4. The van der Waals surface area contributed by atoms with Crippen LogP contribution in [0.2, 0.25) is 0 Å². The van der Waals surface area contributed by atoms with Crippen LogP contribution in [0.1, 0.15) is 58.7 Å². The molecule has 5 heteroatoms. The molecule has 2 rings (SSSR count). The van der Waals surface area contributed by atoms with Crippen molar-refractivity contribution < 1.29 is 9.53 Å². The zero-order chi connectivity index (χ0) is 16.9. The summed E-state index contributed by atoms with van der Waals surface area (Å²) < 4.78 is 5.33. The third-order valence-corrected chi connectivity index (χ3v) is 4.17. The second kappa shape index (κ2) is 7.77. The van der Waals surface area contributed by atoms with Gasteiger partial charge in [-0.1, -0.05) is 12.5 Å². The van der Waals surface area contributed by atoms with Gasteiger partial charge in [0.2, 0.25) is 0 Å². The Balaban J connectivity index is 1.94. The maximum absolute atomic E-state index is 11.9. The van der Waals surface area contributed by atoms with Crippen LogP contribution in [0.4, 0.5) is 4.79 Å². The number of amides is 1. The number of nitrogens with zero attached hydrogens (tertiary/aromatic N) is 2. The average molecular weight is 319 g/mol. The highest BCUT2D eigenvalue weighted by atomic mass is 16.6. The lowest BCUT2D eigenvalue weighted by molar-refractivity contribution is 0.0470. The van der Waals surface area contributed by atoms with Crippen LogP contribution in [0.3, 0.4) is 0 Å². The lowest BCUT2D eigenvalue weighted by Crippen LogP contribution is -2.48. The van der Waals surface area contributed by atoms with Gasteiger partial charge in [0.1, 0.15) is 5.60 Å². The predicted molar refractivity (Wildman–Crippen MR) is 91.2 cm³/mol. The molecule has 2 heterocycles. The standard InChI is InChI=1S/C18H29N3O2/c1-14(16-10-5-7-11-19-16)21-12-8-6-9-15(21)13-20-17(22)23-18(2,3)4/h5,7,10-11,14-15H,6,8-9,12-13H2,1-4H3,(H,20,22). The number of nitrogens with one attached hydrogen (secondary N) is 1. The Labute approximate surface area is 139 Å². The molecule has 1 N–H and O–H groups in total. The molecule has 1 aliphatic heterocycles. The highest BCUT2D eigenvalue weighted by molar-refractivity contribution is 5.67. The third kappa shape index (κ3) is 5.50. The summed E-state index contributed by atoms with van der Waals surface area (Å²) in [5, 5.41) is 2.92. The average Bonchev–Trinajstić information content (AvgIpc) is 2.52.